The molecule has 1 aliphatic rings. The number of amides is 1. The van der Waals surface area contributed by atoms with Crippen molar-refractivity contribution in [1.29, 1.82) is 0 Å². The van der Waals surface area contributed by atoms with E-state index in [0.717, 1.165) is 5.56 Å². The van der Waals surface area contributed by atoms with Gasteiger partial charge in [-0.2, -0.15) is 0 Å². The van der Waals surface area contributed by atoms with Crippen LogP contribution < -0.4 is 5.32 Å². The number of benzene rings is 1. The number of carboxylic acid groups (broad SMARTS) is 1. The molecule has 1 saturated heterocycles. The smallest absolute Gasteiger partial charge is 0.407 e. The lowest BCUT2D eigenvalue weighted by atomic mass is 9.99. The zero-order chi connectivity index (χ0) is 23.4. The Morgan fingerprint density at radius 3 is 2.56 bits per heavy atom. The third-order valence-corrected chi connectivity index (χ3v) is 4.90. The van der Waals surface area contributed by atoms with Gasteiger partial charge in [-0.1, -0.05) is 43.0 Å². The Kier molecular flexibility index (Phi) is 10.1. The third kappa shape index (κ3) is 7.33. The topological polar surface area (TPSA) is 124 Å². The van der Waals surface area contributed by atoms with E-state index in [9.17, 15) is 19.5 Å². The van der Waals surface area contributed by atoms with Crippen molar-refractivity contribution in [2.24, 2.45) is 0 Å². The molecule has 0 aliphatic carbocycles. The minimum Gasteiger partial charge on any atom is -0.479 e. The first kappa shape index (κ1) is 25.3. The molecule has 0 spiro atoms. The zero-order valence-electron chi connectivity index (χ0n) is 18.2. The van der Waals surface area contributed by atoms with Crippen LogP contribution >= 0.6 is 0 Å². The fourth-order valence-electron chi connectivity index (χ4n) is 3.13. The molecular weight excluding hydrogens is 420 g/mol. The van der Waals surface area contributed by atoms with E-state index in [2.05, 4.69) is 11.9 Å². The van der Waals surface area contributed by atoms with E-state index < -0.39 is 29.9 Å². The number of ether oxygens (including phenoxy) is 4. The molecule has 0 radical (unpaired) electrons. The first-order chi connectivity index (χ1) is 15.4. The standard InChI is InChI=1S/C22H30N2O8/c1-3-13-30-20(27)22(19(25)26,32-17(2)24-11-14-29-15-12-24)9-10-23-21(28)31-16-18-7-5-4-6-8-18/h3-8,17H,1,9-16H2,2H3,(H,23,28)(H,25,26). The fourth-order valence-corrected chi connectivity index (χ4v) is 3.13. The second kappa shape index (κ2) is 12.8. The number of carboxylic acids is 1. The minimum atomic E-state index is -2.31. The van der Waals surface area contributed by atoms with Crippen molar-refractivity contribution in [3.8, 4) is 0 Å². The molecule has 2 unspecified atom stereocenters. The lowest BCUT2D eigenvalue weighted by molar-refractivity contribution is -0.209. The SMILES string of the molecule is C=CCOC(=O)C(CCNC(=O)OCc1ccccc1)(OC(C)N1CCOCC1)C(=O)O. The van der Waals surface area contributed by atoms with Crippen molar-refractivity contribution < 1.29 is 38.4 Å². The summed E-state index contributed by atoms with van der Waals surface area (Å²) in [5, 5.41) is 12.4. The highest BCUT2D eigenvalue weighted by Gasteiger charge is 2.51. The van der Waals surface area contributed by atoms with E-state index in [-0.39, 0.29) is 26.2 Å². The Labute approximate surface area is 187 Å². The van der Waals surface area contributed by atoms with Gasteiger partial charge in [-0.3, -0.25) is 4.90 Å². The van der Waals surface area contributed by atoms with Gasteiger partial charge in [0.1, 0.15) is 19.4 Å². The average molecular weight is 450 g/mol. The highest BCUT2D eigenvalue weighted by Crippen LogP contribution is 2.23. The van der Waals surface area contributed by atoms with Crippen LogP contribution in [0.5, 0.6) is 0 Å². The number of aliphatic carboxylic acids is 1. The molecule has 1 aromatic rings. The summed E-state index contributed by atoms with van der Waals surface area (Å²) in [7, 11) is 0. The number of morpholine rings is 1. The van der Waals surface area contributed by atoms with E-state index >= 15 is 0 Å². The first-order valence-corrected chi connectivity index (χ1v) is 10.3. The van der Waals surface area contributed by atoms with Crippen molar-refractivity contribution in [3.05, 3.63) is 48.6 Å². The molecule has 2 N–H and O–H groups in total. The molecule has 1 aliphatic heterocycles. The summed E-state index contributed by atoms with van der Waals surface area (Å²) in [5.41, 5.74) is -1.51. The lowest BCUT2D eigenvalue weighted by Gasteiger charge is -2.37. The van der Waals surface area contributed by atoms with Crippen molar-refractivity contribution in [1.82, 2.24) is 10.2 Å². The number of carbonyl (C=O) groups is 3. The van der Waals surface area contributed by atoms with Gasteiger partial charge in [0.2, 0.25) is 0 Å². The second-order valence-electron chi connectivity index (χ2n) is 7.12. The molecule has 1 amide bonds. The summed E-state index contributed by atoms with van der Waals surface area (Å²) in [4.78, 5) is 38.8. The van der Waals surface area contributed by atoms with E-state index in [0.29, 0.717) is 26.3 Å². The maximum Gasteiger partial charge on any atom is 0.407 e. The van der Waals surface area contributed by atoms with Gasteiger partial charge in [0.05, 0.1) is 13.2 Å². The highest BCUT2D eigenvalue weighted by molar-refractivity contribution is 6.03. The second-order valence-corrected chi connectivity index (χ2v) is 7.12. The molecule has 1 heterocycles. The van der Waals surface area contributed by atoms with Crippen LogP contribution in [-0.2, 0) is 35.1 Å². The van der Waals surface area contributed by atoms with E-state index in [4.69, 9.17) is 18.9 Å². The summed E-state index contributed by atoms with van der Waals surface area (Å²) < 4.78 is 21.2. The Balaban J connectivity index is 2.01. The molecule has 0 aromatic heterocycles. The Morgan fingerprint density at radius 1 is 1.25 bits per heavy atom. The van der Waals surface area contributed by atoms with Crippen LogP contribution in [0.2, 0.25) is 0 Å². The Hall–Kier alpha value is -2.95. The zero-order valence-corrected chi connectivity index (χ0v) is 18.2. The summed E-state index contributed by atoms with van der Waals surface area (Å²) in [6.07, 6.45) is -0.465. The van der Waals surface area contributed by atoms with Gasteiger partial charge < -0.3 is 29.4 Å². The van der Waals surface area contributed by atoms with Crippen molar-refractivity contribution in [2.45, 2.75) is 31.8 Å². The average Bonchev–Trinajstić information content (AvgIpc) is 2.81. The number of nitrogens with one attached hydrogen (secondary N) is 1. The highest BCUT2D eigenvalue weighted by atomic mass is 16.6. The Bertz CT molecular complexity index is 766. The van der Waals surface area contributed by atoms with Crippen LogP contribution in [0.4, 0.5) is 4.79 Å². The summed E-state index contributed by atoms with van der Waals surface area (Å²) in [6.45, 7) is 6.84. The maximum atomic E-state index is 12.7. The van der Waals surface area contributed by atoms with Gasteiger partial charge in [-0.15, -0.1) is 0 Å². The van der Waals surface area contributed by atoms with Gasteiger partial charge in [0.15, 0.2) is 0 Å². The molecule has 1 fully saturated rings. The van der Waals surface area contributed by atoms with Gasteiger partial charge in [0.25, 0.3) is 5.60 Å². The number of esters is 1. The molecule has 2 rings (SSSR count). The van der Waals surface area contributed by atoms with Crippen LogP contribution in [0, 0.1) is 0 Å². The molecule has 2 atom stereocenters. The van der Waals surface area contributed by atoms with E-state index in [1.165, 1.54) is 6.08 Å². The van der Waals surface area contributed by atoms with Crippen LogP contribution in [0.15, 0.2) is 43.0 Å². The van der Waals surface area contributed by atoms with Crippen LogP contribution in [0.1, 0.15) is 18.9 Å². The van der Waals surface area contributed by atoms with Gasteiger partial charge in [-0.05, 0) is 12.5 Å². The third-order valence-electron chi connectivity index (χ3n) is 4.90. The molecule has 10 heteroatoms. The van der Waals surface area contributed by atoms with Gasteiger partial charge >= 0.3 is 18.0 Å². The largest absolute Gasteiger partial charge is 0.479 e. The molecule has 32 heavy (non-hydrogen) atoms. The van der Waals surface area contributed by atoms with Crippen molar-refractivity contribution in [3.63, 3.8) is 0 Å². The normalized spacial score (nSPS) is 16.9. The van der Waals surface area contributed by atoms with Crippen molar-refractivity contribution >= 4 is 18.0 Å². The van der Waals surface area contributed by atoms with Gasteiger partial charge in [-0.25, -0.2) is 14.4 Å². The number of rotatable bonds is 12. The van der Waals surface area contributed by atoms with Crippen LogP contribution in [0.3, 0.4) is 0 Å². The predicted molar refractivity (Wildman–Crippen MR) is 114 cm³/mol. The molecule has 0 bridgehead atoms. The minimum absolute atomic E-state index is 0.0582. The van der Waals surface area contributed by atoms with E-state index in [1.54, 1.807) is 19.1 Å². The fraction of sp³-hybridized carbons (Fsp3) is 0.500. The number of carbonyl (C=O) groups excluding carboxylic acids is 2. The summed E-state index contributed by atoms with van der Waals surface area (Å²) in [5.74, 6) is -2.57. The number of nitrogens with zero attached hydrogens (tertiary/aromatic N) is 1. The predicted octanol–water partition coefficient (Wildman–Crippen LogP) is 1.55. The van der Waals surface area contributed by atoms with Crippen LogP contribution in [0.25, 0.3) is 0 Å². The molecular formula is C22H30N2O8. The summed E-state index contributed by atoms with van der Waals surface area (Å²) in [6, 6.07) is 9.09. The first-order valence-electron chi connectivity index (χ1n) is 10.3. The molecule has 10 nitrogen and oxygen atoms in total. The molecule has 1 aromatic carbocycles. The molecule has 176 valence electrons. The van der Waals surface area contributed by atoms with Crippen molar-refractivity contribution in [2.75, 3.05) is 39.5 Å². The Morgan fingerprint density at radius 2 is 1.94 bits per heavy atom. The summed E-state index contributed by atoms with van der Waals surface area (Å²) >= 11 is 0. The quantitative estimate of drug-likeness (QED) is 0.277. The van der Waals surface area contributed by atoms with E-state index in [1.807, 2.05) is 23.1 Å². The molecule has 0 saturated carbocycles. The monoisotopic (exact) mass is 450 g/mol. The van der Waals surface area contributed by atoms with Gasteiger partial charge in [0, 0.05) is 26.1 Å². The maximum absolute atomic E-state index is 12.7. The number of alkyl carbamates (subject to hydrolysis) is 1. The van der Waals surface area contributed by atoms with Crippen LogP contribution in [-0.4, -0.2) is 79.3 Å². The number of hydrogen-bond acceptors (Lipinski definition) is 8. The number of hydrogen-bond donors (Lipinski definition) is 2. The lowest BCUT2D eigenvalue weighted by Crippen LogP contribution is -2.57.